The number of hydrogen-bond donors (Lipinski definition) is 0. The number of ether oxygens (including phenoxy) is 1. The van der Waals surface area contributed by atoms with Crippen molar-refractivity contribution in [1.82, 2.24) is 0 Å². The van der Waals surface area contributed by atoms with Crippen LogP contribution in [0.5, 0.6) is 0 Å². The number of Topliss-reactive ketones (excluding diaryl/α,β-unsaturated/α-hetero) is 1. The Kier molecular flexibility index (Phi) is 30.0. The maximum Gasteiger partial charge on any atom is 0.306 e. The Balaban J connectivity index is 4.09. The van der Waals surface area contributed by atoms with Crippen molar-refractivity contribution in [1.29, 1.82) is 0 Å². The van der Waals surface area contributed by atoms with Gasteiger partial charge < -0.3 is 4.74 Å². The minimum Gasteiger partial charge on any atom is -0.466 e. The summed E-state index contributed by atoms with van der Waals surface area (Å²) in [5.74, 6) is 0.780. The van der Waals surface area contributed by atoms with E-state index in [0.717, 1.165) is 38.5 Å². The molecule has 0 saturated heterocycles. The van der Waals surface area contributed by atoms with Crippen LogP contribution >= 0.6 is 0 Å². The smallest absolute Gasteiger partial charge is 0.306 e. The van der Waals surface area contributed by atoms with Crippen LogP contribution in [0.1, 0.15) is 201 Å². The van der Waals surface area contributed by atoms with E-state index in [0.29, 0.717) is 31.1 Å². The van der Waals surface area contributed by atoms with Gasteiger partial charge in [-0.2, -0.15) is 0 Å². The SMILES string of the molecule is CCCCCCCCCCCOC(=O)CC(CCCCCCCC)CCCC(=O)CCCCCCCCC. The molecule has 0 aromatic rings. The summed E-state index contributed by atoms with van der Waals surface area (Å²) >= 11 is 0. The first-order valence-corrected chi connectivity index (χ1v) is 17.3. The molecule has 38 heavy (non-hydrogen) atoms. The van der Waals surface area contributed by atoms with Crippen LogP contribution in [-0.4, -0.2) is 18.4 Å². The number of rotatable bonds is 31. The number of carbonyl (C=O) groups is 2. The Bertz CT molecular complexity index is 501. The summed E-state index contributed by atoms with van der Waals surface area (Å²) in [6, 6.07) is 0. The molecule has 1 atom stereocenters. The minimum absolute atomic E-state index is 0.0186. The number of unbranched alkanes of at least 4 members (excludes halogenated alkanes) is 19. The molecule has 0 radical (unpaired) electrons. The topological polar surface area (TPSA) is 43.4 Å². The number of hydrogen-bond acceptors (Lipinski definition) is 3. The van der Waals surface area contributed by atoms with Gasteiger partial charge in [0.05, 0.1) is 6.61 Å². The lowest BCUT2D eigenvalue weighted by atomic mass is 9.91. The van der Waals surface area contributed by atoms with Gasteiger partial charge in [-0.1, -0.05) is 149 Å². The van der Waals surface area contributed by atoms with Gasteiger partial charge in [0.15, 0.2) is 0 Å². The molecule has 0 rings (SSSR count). The largest absolute Gasteiger partial charge is 0.466 e. The van der Waals surface area contributed by atoms with E-state index in [1.165, 1.54) is 128 Å². The summed E-state index contributed by atoms with van der Waals surface area (Å²) in [5, 5.41) is 0. The molecule has 3 nitrogen and oxygen atoms in total. The van der Waals surface area contributed by atoms with Crippen molar-refractivity contribution in [2.75, 3.05) is 6.61 Å². The van der Waals surface area contributed by atoms with Crippen molar-refractivity contribution in [3.8, 4) is 0 Å². The highest BCUT2D eigenvalue weighted by molar-refractivity contribution is 5.78. The van der Waals surface area contributed by atoms with E-state index in [4.69, 9.17) is 4.74 Å². The Morgan fingerprint density at radius 3 is 1.39 bits per heavy atom. The maximum atomic E-state index is 12.5. The fraction of sp³-hybridized carbons (Fsp3) is 0.943. The molecular formula is C35H68O3. The zero-order valence-electron chi connectivity index (χ0n) is 26.3. The van der Waals surface area contributed by atoms with Crippen LogP contribution in [0.15, 0.2) is 0 Å². The summed E-state index contributed by atoms with van der Waals surface area (Å²) in [4.78, 5) is 24.9. The Labute approximate surface area is 239 Å². The average molecular weight is 537 g/mol. The zero-order chi connectivity index (χ0) is 27.9. The van der Waals surface area contributed by atoms with E-state index in [1.807, 2.05) is 0 Å². The molecular weight excluding hydrogens is 468 g/mol. The minimum atomic E-state index is -0.0186. The summed E-state index contributed by atoms with van der Waals surface area (Å²) in [6.07, 6.45) is 33.0. The number of esters is 1. The van der Waals surface area contributed by atoms with Crippen LogP contribution in [0.3, 0.4) is 0 Å². The lowest BCUT2D eigenvalue weighted by molar-refractivity contribution is -0.145. The lowest BCUT2D eigenvalue weighted by Gasteiger charge is -2.16. The highest BCUT2D eigenvalue weighted by Crippen LogP contribution is 2.22. The van der Waals surface area contributed by atoms with Crippen LogP contribution < -0.4 is 0 Å². The molecule has 0 aliphatic rings. The highest BCUT2D eigenvalue weighted by Gasteiger charge is 2.16. The third-order valence-electron chi connectivity index (χ3n) is 8.06. The van der Waals surface area contributed by atoms with E-state index >= 15 is 0 Å². The first-order chi connectivity index (χ1) is 18.6. The predicted octanol–water partition coefficient (Wildman–Crippen LogP) is 11.7. The summed E-state index contributed by atoms with van der Waals surface area (Å²) < 4.78 is 5.61. The second kappa shape index (κ2) is 30.7. The molecule has 0 aromatic heterocycles. The Morgan fingerprint density at radius 2 is 0.868 bits per heavy atom. The second-order valence-electron chi connectivity index (χ2n) is 12.0. The maximum absolute atomic E-state index is 12.5. The normalized spacial score (nSPS) is 12.1. The summed E-state index contributed by atoms with van der Waals surface area (Å²) in [7, 11) is 0. The zero-order valence-corrected chi connectivity index (χ0v) is 26.3. The molecule has 0 heterocycles. The van der Waals surface area contributed by atoms with E-state index in [-0.39, 0.29) is 5.97 Å². The van der Waals surface area contributed by atoms with Crippen molar-refractivity contribution >= 4 is 11.8 Å². The van der Waals surface area contributed by atoms with E-state index in [9.17, 15) is 9.59 Å². The molecule has 0 aliphatic heterocycles. The van der Waals surface area contributed by atoms with Gasteiger partial charge in [-0.05, 0) is 38.0 Å². The van der Waals surface area contributed by atoms with Crippen molar-refractivity contribution in [2.45, 2.75) is 201 Å². The van der Waals surface area contributed by atoms with Crippen molar-refractivity contribution in [3.63, 3.8) is 0 Å². The Morgan fingerprint density at radius 1 is 0.474 bits per heavy atom. The van der Waals surface area contributed by atoms with Crippen molar-refractivity contribution in [3.05, 3.63) is 0 Å². The fourth-order valence-corrected chi connectivity index (χ4v) is 5.45. The molecule has 0 aromatic carbocycles. The van der Waals surface area contributed by atoms with Crippen LogP contribution in [0.2, 0.25) is 0 Å². The predicted molar refractivity (Wildman–Crippen MR) is 166 cm³/mol. The number of ketones is 1. The summed E-state index contributed by atoms with van der Waals surface area (Å²) in [5.41, 5.74) is 0. The van der Waals surface area contributed by atoms with Gasteiger partial charge in [-0.15, -0.1) is 0 Å². The van der Waals surface area contributed by atoms with Gasteiger partial charge in [0.2, 0.25) is 0 Å². The van der Waals surface area contributed by atoms with Crippen LogP contribution in [0, 0.1) is 5.92 Å². The van der Waals surface area contributed by atoms with E-state index in [2.05, 4.69) is 20.8 Å². The van der Waals surface area contributed by atoms with Gasteiger partial charge in [0, 0.05) is 19.3 Å². The third-order valence-corrected chi connectivity index (χ3v) is 8.06. The molecule has 0 bridgehead atoms. The van der Waals surface area contributed by atoms with Crippen molar-refractivity contribution < 1.29 is 14.3 Å². The highest BCUT2D eigenvalue weighted by atomic mass is 16.5. The molecule has 226 valence electrons. The van der Waals surface area contributed by atoms with Crippen LogP contribution in [0.4, 0.5) is 0 Å². The first kappa shape index (κ1) is 37.1. The van der Waals surface area contributed by atoms with Crippen LogP contribution in [-0.2, 0) is 14.3 Å². The average Bonchev–Trinajstić information content (AvgIpc) is 2.91. The number of carbonyl (C=O) groups excluding carboxylic acids is 2. The quantitative estimate of drug-likeness (QED) is 0.0653. The van der Waals surface area contributed by atoms with Gasteiger partial charge in [-0.25, -0.2) is 0 Å². The molecule has 1 unspecified atom stereocenters. The molecule has 0 fully saturated rings. The van der Waals surface area contributed by atoms with Gasteiger partial charge in [0.1, 0.15) is 5.78 Å². The second-order valence-corrected chi connectivity index (χ2v) is 12.0. The van der Waals surface area contributed by atoms with E-state index < -0.39 is 0 Å². The standard InChI is InChI=1S/C35H68O3/c1-4-7-10-13-16-17-19-22-25-31-38-35(37)32-33(27-23-20-15-12-9-6-3)28-26-30-34(36)29-24-21-18-14-11-8-5-2/h33H,4-32H2,1-3H3. The van der Waals surface area contributed by atoms with Gasteiger partial charge >= 0.3 is 5.97 Å². The fourth-order valence-electron chi connectivity index (χ4n) is 5.45. The molecule has 0 aliphatic carbocycles. The van der Waals surface area contributed by atoms with Crippen molar-refractivity contribution in [2.24, 2.45) is 5.92 Å². The monoisotopic (exact) mass is 537 g/mol. The molecule has 3 heteroatoms. The third kappa shape index (κ3) is 28.2. The van der Waals surface area contributed by atoms with Crippen LogP contribution in [0.25, 0.3) is 0 Å². The molecule has 0 amide bonds. The molecule has 0 N–H and O–H groups in total. The van der Waals surface area contributed by atoms with Gasteiger partial charge in [-0.3, -0.25) is 9.59 Å². The Hall–Kier alpha value is -0.860. The first-order valence-electron chi connectivity index (χ1n) is 17.3. The van der Waals surface area contributed by atoms with E-state index in [1.54, 1.807) is 0 Å². The molecule has 0 saturated carbocycles. The van der Waals surface area contributed by atoms with Gasteiger partial charge in [0.25, 0.3) is 0 Å². The molecule has 0 spiro atoms. The summed E-state index contributed by atoms with van der Waals surface area (Å²) in [6.45, 7) is 7.34. The lowest BCUT2D eigenvalue weighted by Crippen LogP contribution is -2.13.